The lowest BCUT2D eigenvalue weighted by Gasteiger charge is -2.19. The van der Waals surface area contributed by atoms with Crippen LogP contribution in [0.3, 0.4) is 0 Å². The average Bonchev–Trinajstić information content (AvgIpc) is 2.96. The fourth-order valence-electron chi connectivity index (χ4n) is 2.64. The molecule has 1 unspecified atom stereocenters. The molecule has 0 saturated carbocycles. The highest BCUT2D eigenvalue weighted by atomic mass is 79.9. The van der Waals surface area contributed by atoms with Crippen molar-refractivity contribution in [2.24, 2.45) is 5.92 Å². The highest BCUT2D eigenvalue weighted by Gasteiger charge is 2.34. The van der Waals surface area contributed by atoms with Crippen molar-refractivity contribution in [2.45, 2.75) is 11.3 Å². The van der Waals surface area contributed by atoms with Crippen LogP contribution in [0.25, 0.3) is 0 Å². The first-order valence-electron chi connectivity index (χ1n) is 7.00. The highest BCUT2D eigenvalue weighted by Crippen LogP contribution is 2.37. The number of rotatable bonds is 6. The van der Waals surface area contributed by atoms with Gasteiger partial charge >= 0.3 is 0 Å². The maximum atomic E-state index is 12.9. The smallest absolute Gasteiger partial charge is 0.246 e. The Balaban J connectivity index is 0.00000264. The van der Waals surface area contributed by atoms with E-state index in [9.17, 15) is 8.42 Å². The molecule has 23 heavy (non-hydrogen) atoms. The lowest BCUT2D eigenvalue weighted by Crippen LogP contribution is -2.30. The van der Waals surface area contributed by atoms with Gasteiger partial charge in [-0.2, -0.15) is 4.31 Å². The molecular formula is C14H22BrClN2O4S. The van der Waals surface area contributed by atoms with Crippen LogP contribution in [-0.4, -0.2) is 53.6 Å². The van der Waals surface area contributed by atoms with E-state index in [-0.39, 0.29) is 23.1 Å². The van der Waals surface area contributed by atoms with Gasteiger partial charge in [0.15, 0.2) is 0 Å². The van der Waals surface area contributed by atoms with Gasteiger partial charge in [0, 0.05) is 19.2 Å². The molecule has 0 spiro atoms. The number of hydrogen-bond donors (Lipinski definition) is 1. The SMILES string of the molecule is CNCC1CCN(S(=O)(=O)c2cc(Br)c(OC)cc2OC)C1.Cl. The third kappa shape index (κ3) is 4.30. The van der Waals surface area contributed by atoms with Gasteiger partial charge in [-0.25, -0.2) is 8.42 Å². The molecular weight excluding hydrogens is 408 g/mol. The molecule has 1 aromatic carbocycles. The molecule has 1 aliphatic rings. The zero-order valence-corrected chi connectivity index (χ0v) is 16.6. The second-order valence-corrected chi connectivity index (χ2v) is 7.97. The quantitative estimate of drug-likeness (QED) is 0.750. The van der Waals surface area contributed by atoms with E-state index in [0.717, 1.165) is 13.0 Å². The molecule has 1 fully saturated rings. The summed E-state index contributed by atoms with van der Waals surface area (Å²) in [5.74, 6) is 1.16. The first-order chi connectivity index (χ1) is 10.4. The normalized spacial score (nSPS) is 18.5. The van der Waals surface area contributed by atoms with Gasteiger partial charge in [-0.15, -0.1) is 12.4 Å². The van der Waals surface area contributed by atoms with Crippen LogP contribution in [0.2, 0.25) is 0 Å². The van der Waals surface area contributed by atoms with Gasteiger partial charge in [0.25, 0.3) is 0 Å². The third-order valence-electron chi connectivity index (χ3n) is 3.80. The largest absolute Gasteiger partial charge is 0.495 e. The molecule has 0 aromatic heterocycles. The standard InChI is InChI=1S/C14H21BrN2O4S.ClH/c1-16-8-10-4-5-17(9-10)22(18,19)14-6-11(15)12(20-2)7-13(14)21-3;/h6-7,10,16H,4-5,8-9H2,1-3H3;1H. The Bertz CT molecular complexity index is 642. The minimum absolute atomic E-state index is 0. The fraction of sp³-hybridized carbons (Fsp3) is 0.571. The fourth-order valence-corrected chi connectivity index (χ4v) is 4.99. The van der Waals surface area contributed by atoms with E-state index in [4.69, 9.17) is 9.47 Å². The number of halogens is 2. The zero-order valence-electron chi connectivity index (χ0n) is 13.3. The van der Waals surface area contributed by atoms with Crippen LogP contribution in [0.4, 0.5) is 0 Å². The van der Waals surface area contributed by atoms with Gasteiger partial charge in [0.05, 0.1) is 18.7 Å². The van der Waals surface area contributed by atoms with E-state index in [1.807, 2.05) is 7.05 Å². The molecule has 9 heteroatoms. The van der Waals surface area contributed by atoms with Crippen LogP contribution >= 0.6 is 28.3 Å². The molecule has 6 nitrogen and oxygen atoms in total. The predicted octanol–water partition coefficient (Wildman–Crippen LogP) is 2.12. The Hall–Kier alpha value is -0.540. The molecule has 1 N–H and O–H groups in total. The molecule has 1 saturated heterocycles. The van der Waals surface area contributed by atoms with Crippen molar-refractivity contribution < 1.29 is 17.9 Å². The number of hydrogen-bond acceptors (Lipinski definition) is 5. The molecule has 1 aromatic rings. The summed E-state index contributed by atoms with van der Waals surface area (Å²) in [4.78, 5) is 0.160. The molecule has 2 rings (SSSR count). The van der Waals surface area contributed by atoms with E-state index in [1.54, 1.807) is 12.1 Å². The van der Waals surface area contributed by atoms with Crippen molar-refractivity contribution in [1.82, 2.24) is 9.62 Å². The summed E-state index contributed by atoms with van der Waals surface area (Å²) in [6, 6.07) is 3.12. The van der Waals surface area contributed by atoms with Crippen LogP contribution < -0.4 is 14.8 Å². The molecule has 1 atom stereocenters. The Morgan fingerprint density at radius 1 is 1.30 bits per heavy atom. The Labute approximate surface area is 152 Å². The molecule has 132 valence electrons. The van der Waals surface area contributed by atoms with Crippen LogP contribution in [0.15, 0.2) is 21.5 Å². The summed E-state index contributed by atoms with van der Waals surface area (Å²) >= 11 is 3.33. The Kier molecular flexibility index (Phi) is 7.60. The Morgan fingerprint density at radius 2 is 1.96 bits per heavy atom. The number of ether oxygens (including phenoxy) is 2. The van der Waals surface area contributed by atoms with Gasteiger partial charge in [-0.1, -0.05) is 0 Å². The maximum absolute atomic E-state index is 12.9. The molecule has 0 radical (unpaired) electrons. The van der Waals surface area contributed by atoms with Crippen LogP contribution in [0, 0.1) is 5.92 Å². The molecule has 1 aliphatic heterocycles. The van der Waals surface area contributed by atoms with Crippen molar-refractivity contribution in [1.29, 1.82) is 0 Å². The van der Waals surface area contributed by atoms with E-state index < -0.39 is 10.0 Å². The minimum atomic E-state index is -3.59. The predicted molar refractivity (Wildman–Crippen MR) is 95.3 cm³/mol. The molecule has 0 aliphatic carbocycles. The minimum Gasteiger partial charge on any atom is -0.495 e. The van der Waals surface area contributed by atoms with E-state index in [2.05, 4.69) is 21.2 Å². The van der Waals surface area contributed by atoms with E-state index in [1.165, 1.54) is 18.5 Å². The van der Waals surface area contributed by atoms with Gasteiger partial charge < -0.3 is 14.8 Å². The maximum Gasteiger partial charge on any atom is 0.246 e. The van der Waals surface area contributed by atoms with Gasteiger partial charge in [-0.05, 0) is 47.9 Å². The van der Waals surface area contributed by atoms with Crippen molar-refractivity contribution in [3.8, 4) is 11.5 Å². The van der Waals surface area contributed by atoms with Gasteiger partial charge in [0.2, 0.25) is 10.0 Å². The van der Waals surface area contributed by atoms with Crippen molar-refractivity contribution >= 4 is 38.4 Å². The van der Waals surface area contributed by atoms with E-state index >= 15 is 0 Å². The van der Waals surface area contributed by atoms with Crippen molar-refractivity contribution in [3.05, 3.63) is 16.6 Å². The number of benzene rings is 1. The van der Waals surface area contributed by atoms with E-state index in [0.29, 0.717) is 29.2 Å². The first-order valence-corrected chi connectivity index (χ1v) is 9.23. The second kappa shape index (κ2) is 8.53. The summed E-state index contributed by atoms with van der Waals surface area (Å²) in [6.07, 6.45) is 0.861. The number of nitrogens with zero attached hydrogens (tertiary/aromatic N) is 1. The van der Waals surface area contributed by atoms with Crippen LogP contribution in [-0.2, 0) is 10.0 Å². The Morgan fingerprint density at radius 3 is 2.52 bits per heavy atom. The lowest BCUT2D eigenvalue weighted by atomic mass is 10.1. The number of sulfonamides is 1. The van der Waals surface area contributed by atoms with Crippen molar-refractivity contribution in [2.75, 3.05) is 40.9 Å². The van der Waals surface area contributed by atoms with Gasteiger partial charge in [-0.3, -0.25) is 0 Å². The van der Waals surface area contributed by atoms with Crippen LogP contribution in [0.1, 0.15) is 6.42 Å². The summed E-state index contributed by atoms with van der Waals surface area (Å²) < 4.78 is 38.3. The molecule has 0 amide bonds. The topological polar surface area (TPSA) is 67.9 Å². The highest BCUT2D eigenvalue weighted by molar-refractivity contribution is 9.10. The lowest BCUT2D eigenvalue weighted by molar-refractivity contribution is 0.381. The average molecular weight is 430 g/mol. The third-order valence-corrected chi connectivity index (χ3v) is 6.30. The van der Waals surface area contributed by atoms with Crippen LogP contribution in [0.5, 0.6) is 11.5 Å². The monoisotopic (exact) mass is 428 g/mol. The molecule has 1 heterocycles. The van der Waals surface area contributed by atoms with Crippen molar-refractivity contribution in [3.63, 3.8) is 0 Å². The summed E-state index contributed by atoms with van der Waals surface area (Å²) in [7, 11) is 1.27. The molecule has 0 bridgehead atoms. The van der Waals surface area contributed by atoms with Gasteiger partial charge in [0.1, 0.15) is 16.4 Å². The summed E-state index contributed by atoms with van der Waals surface area (Å²) in [5.41, 5.74) is 0. The second-order valence-electron chi connectivity index (χ2n) is 5.21. The summed E-state index contributed by atoms with van der Waals surface area (Å²) in [5, 5.41) is 3.10. The number of nitrogens with one attached hydrogen (secondary N) is 1. The number of methoxy groups -OCH3 is 2. The first kappa shape index (κ1) is 20.5. The summed E-state index contributed by atoms with van der Waals surface area (Å²) in [6.45, 7) is 1.87. The zero-order chi connectivity index (χ0) is 16.3.